The number of likely N-dealkylation sites (N-methyl/N-ethyl adjacent to an activating group) is 1. The molecular formula is C22H38N4O3. The average molecular weight is 407 g/mol. The van der Waals surface area contributed by atoms with Crippen LogP contribution in [0.25, 0.3) is 0 Å². The minimum absolute atomic E-state index is 0.0811. The quantitative estimate of drug-likeness (QED) is 0.583. The van der Waals surface area contributed by atoms with Crippen molar-refractivity contribution in [3.63, 3.8) is 0 Å². The van der Waals surface area contributed by atoms with Gasteiger partial charge in [0.05, 0.1) is 5.92 Å². The van der Waals surface area contributed by atoms with E-state index in [1.165, 1.54) is 19.3 Å². The van der Waals surface area contributed by atoms with Crippen molar-refractivity contribution in [1.82, 2.24) is 19.6 Å². The normalized spacial score (nSPS) is 23.7. The summed E-state index contributed by atoms with van der Waals surface area (Å²) in [6.07, 6.45) is 7.38. The first-order chi connectivity index (χ1) is 14.1. The van der Waals surface area contributed by atoms with Crippen molar-refractivity contribution in [2.75, 3.05) is 58.9 Å². The summed E-state index contributed by atoms with van der Waals surface area (Å²) in [5.74, 6) is 0.507. The molecule has 0 bridgehead atoms. The lowest BCUT2D eigenvalue weighted by Crippen LogP contribution is -2.49. The second-order valence-corrected chi connectivity index (χ2v) is 8.73. The molecule has 7 heteroatoms. The van der Waals surface area contributed by atoms with Crippen LogP contribution in [0.1, 0.15) is 58.3 Å². The molecule has 3 aliphatic heterocycles. The molecule has 164 valence electrons. The molecule has 0 aromatic heterocycles. The maximum Gasteiger partial charge on any atom is 0.227 e. The molecule has 0 unspecified atom stereocenters. The van der Waals surface area contributed by atoms with Gasteiger partial charge in [-0.1, -0.05) is 6.42 Å². The van der Waals surface area contributed by atoms with E-state index < -0.39 is 0 Å². The molecule has 0 N–H and O–H groups in total. The highest BCUT2D eigenvalue weighted by Gasteiger charge is 2.32. The number of rotatable bonds is 9. The highest BCUT2D eigenvalue weighted by Crippen LogP contribution is 2.21. The molecule has 0 spiro atoms. The predicted octanol–water partition coefficient (Wildman–Crippen LogP) is 1.57. The number of carbonyl (C=O) groups is 3. The summed E-state index contributed by atoms with van der Waals surface area (Å²) in [4.78, 5) is 45.4. The van der Waals surface area contributed by atoms with Crippen molar-refractivity contribution < 1.29 is 14.4 Å². The van der Waals surface area contributed by atoms with Gasteiger partial charge in [0.2, 0.25) is 17.7 Å². The van der Waals surface area contributed by atoms with Gasteiger partial charge < -0.3 is 19.6 Å². The van der Waals surface area contributed by atoms with Crippen molar-refractivity contribution in [2.24, 2.45) is 5.92 Å². The molecule has 3 amide bonds. The van der Waals surface area contributed by atoms with E-state index in [1.807, 2.05) is 21.6 Å². The molecule has 0 radical (unpaired) electrons. The summed E-state index contributed by atoms with van der Waals surface area (Å²) >= 11 is 0. The van der Waals surface area contributed by atoms with Gasteiger partial charge in [-0.25, -0.2) is 0 Å². The summed E-state index contributed by atoms with van der Waals surface area (Å²) in [6, 6.07) is 0. The lowest BCUT2D eigenvalue weighted by atomic mass is 9.95. The minimum Gasteiger partial charge on any atom is -0.343 e. The minimum atomic E-state index is -0.0811. The van der Waals surface area contributed by atoms with E-state index in [4.69, 9.17) is 0 Å². The smallest absolute Gasteiger partial charge is 0.227 e. The Hall–Kier alpha value is -1.63. The number of nitrogens with zero attached hydrogens (tertiary/aromatic N) is 4. The molecular weight excluding hydrogens is 368 g/mol. The van der Waals surface area contributed by atoms with Gasteiger partial charge in [-0.15, -0.1) is 0 Å². The van der Waals surface area contributed by atoms with Gasteiger partial charge in [0.1, 0.15) is 0 Å². The molecule has 29 heavy (non-hydrogen) atoms. The predicted molar refractivity (Wildman–Crippen MR) is 112 cm³/mol. The zero-order valence-electron chi connectivity index (χ0n) is 18.1. The third kappa shape index (κ3) is 6.17. The van der Waals surface area contributed by atoms with E-state index in [0.717, 1.165) is 58.7 Å². The van der Waals surface area contributed by atoms with Crippen LogP contribution in [-0.4, -0.2) is 96.2 Å². The maximum atomic E-state index is 13.1. The van der Waals surface area contributed by atoms with Gasteiger partial charge in [0.15, 0.2) is 0 Å². The van der Waals surface area contributed by atoms with Gasteiger partial charge in [-0.05, 0) is 52.1 Å². The Labute approximate surface area is 175 Å². The summed E-state index contributed by atoms with van der Waals surface area (Å²) in [6.45, 7) is 9.57. The van der Waals surface area contributed by atoms with E-state index in [-0.39, 0.29) is 23.6 Å². The van der Waals surface area contributed by atoms with Crippen LogP contribution in [0.2, 0.25) is 0 Å². The van der Waals surface area contributed by atoms with E-state index in [2.05, 4.69) is 4.90 Å². The van der Waals surface area contributed by atoms with Crippen molar-refractivity contribution in [3.8, 4) is 0 Å². The number of hydrogen-bond donors (Lipinski definition) is 0. The van der Waals surface area contributed by atoms with Crippen LogP contribution in [0.5, 0.6) is 0 Å². The molecule has 0 aliphatic carbocycles. The standard InChI is InChI=1S/C22H38N4O3/c1-2-24(17-16-23-11-4-3-5-12-23)22(29)19-9-10-21(28)26(18-19)15-7-14-25-13-6-8-20(25)27/h19H,2-18H2,1H3/t19-/m0/s1. The number of amides is 3. The second-order valence-electron chi connectivity index (χ2n) is 8.73. The molecule has 3 saturated heterocycles. The fraction of sp³-hybridized carbons (Fsp3) is 0.864. The highest BCUT2D eigenvalue weighted by atomic mass is 16.2. The number of likely N-dealkylation sites (tertiary alicyclic amines) is 3. The Morgan fingerprint density at radius 3 is 2.34 bits per heavy atom. The molecule has 1 atom stereocenters. The number of piperidine rings is 2. The average Bonchev–Trinajstić information content (AvgIpc) is 3.15. The van der Waals surface area contributed by atoms with Gasteiger partial charge in [-0.2, -0.15) is 0 Å². The van der Waals surface area contributed by atoms with Crippen LogP contribution >= 0.6 is 0 Å². The van der Waals surface area contributed by atoms with Crippen molar-refractivity contribution in [3.05, 3.63) is 0 Å². The number of carbonyl (C=O) groups excluding carboxylic acids is 3. The van der Waals surface area contributed by atoms with Gasteiger partial charge in [0.25, 0.3) is 0 Å². The first-order valence-corrected chi connectivity index (χ1v) is 11.6. The third-order valence-corrected chi connectivity index (χ3v) is 6.71. The second kappa shape index (κ2) is 11.0. The molecule has 0 aromatic carbocycles. The Morgan fingerprint density at radius 2 is 1.66 bits per heavy atom. The summed E-state index contributed by atoms with van der Waals surface area (Å²) in [5, 5.41) is 0. The Kier molecular flexibility index (Phi) is 8.33. The first-order valence-electron chi connectivity index (χ1n) is 11.6. The van der Waals surface area contributed by atoms with Crippen LogP contribution in [0.15, 0.2) is 0 Å². The molecule has 3 aliphatic rings. The molecule has 0 saturated carbocycles. The fourth-order valence-electron chi connectivity index (χ4n) is 4.85. The van der Waals surface area contributed by atoms with E-state index in [0.29, 0.717) is 32.4 Å². The molecule has 0 aromatic rings. The summed E-state index contributed by atoms with van der Waals surface area (Å²) < 4.78 is 0. The van der Waals surface area contributed by atoms with Gasteiger partial charge >= 0.3 is 0 Å². The summed E-state index contributed by atoms with van der Waals surface area (Å²) in [5.41, 5.74) is 0. The van der Waals surface area contributed by atoms with Crippen LogP contribution < -0.4 is 0 Å². The Bertz CT molecular complexity index is 576. The van der Waals surface area contributed by atoms with Crippen molar-refractivity contribution in [2.45, 2.75) is 58.3 Å². The topological polar surface area (TPSA) is 64.2 Å². The molecule has 3 fully saturated rings. The number of hydrogen-bond acceptors (Lipinski definition) is 4. The van der Waals surface area contributed by atoms with Crippen molar-refractivity contribution in [1.29, 1.82) is 0 Å². The summed E-state index contributed by atoms with van der Waals surface area (Å²) in [7, 11) is 0. The molecule has 3 heterocycles. The zero-order valence-corrected chi connectivity index (χ0v) is 18.1. The Balaban J connectivity index is 1.44. The highest BCUT2D eigenvalue weighted by molar-refractivity contribution is 5.84. The van der Waals surface area contributed by atoms with Crippen LogP contribution in [0.4, 0.5) is 0 Å². The van der Waals surface area contributed by atoms with Gasteiger partial charge in [0, 0.05) is 58.7 Å². The van der Waals surface area contributed by atoms with Crippen LogP contribution in [0, 0.1) is 5.92 Å². The van der Waals surface area contributed by atoms with E-state index in [1.54, 1.807) is 0 Å². The lowest BCUT2D eigenvalue weighted by molar-refractivity contribution is -0.143. The molecule has 3 rings (SSSR count). The Morgan fingerprint density at radius 1 is 0.931 bits per heavy atom. The van der Waals surface area contributed by atoms with Gasteiger partial charge in [-0.3, -0.25) is 14.4 Å². The lowest BCUT2D eigenvalue weighted by Gasteiger charge is -2.36. The third-order valence-electron chi connectivity index (χ3n) is 6.71. The largest absolute Gasteiger partial charge is 0.343 e. The van der Waals surface area contributed by atoms with E-state index in [9.17, 15) is 14.4 Å². The SMILES string of the molecule is CCN(CCN1CCCCC1)C(=O)[C@H]1CCC(=O)N(CCCN2CCCC2=O)C1. The van der Waals surface area contributed by atoms with E-state index >= 15 is 0 Å². The van der Waals surface area contributed by atoms with Crippen LogP contribution in [-0.2, 0) is 14.4 Å². The molecule has 7 nitrogen and oxygen atoms in total. The maximum absolute atomic E-state index is 13.1. The fourth-order valence-corrected chi connectivity index (χ4v) is 4.85. The first kappa shape index (κ1) is 22.1. The monoisotopic (exact) mass is 406 g/mol. The zero-order chi connectivity index (χ0) is 20.6. The van der Waals surface area contributed by atoms with Crippen LogP contribution in [0.3, 0.4) is 0 Å². The van der Waals surface area contributed by atoms with Crippen molar-refractivity contribution >= 4 is 17.7 Å².